The minimum atomic E-state index is -0.883. The largest absolute Gasteiger partial charge is 0.378 e. The zero-order valence-corrected chi connectivity index (χ0v) is 19.4. The minimum absolute atomic E-state index is 0. The SMILES string of the molecule is CCOC1CC(N)(C(=O)NCc2ccc(N3CCCCCC3)nc2)C1(C)C.Cl.Cl. The van der Waals surface area contributed by atoms with Crippen LogP contribution in [0.25, 0.3) is 0 Å². The summed E-state index contributed by atoms with van der Waals surface area (Å²) in [5.74, 6) is 0.919. The van der Waals surface area contributed by atoms with Crippen molar-refractivity contribution in [1.29, 1.82) is 0 Å². The van der Waals surface area contributed by atoms with Gasteiger partial charge in [-0.3, -0.25) is 4.79 Å². The van der Waals surface area contributed by atoms with E-state index in [1.54, 1.807) is 0 Å². The molecule has 8 heteroatoms. The van der Waals surface area contributed by atoms with Crippen molar-refractivity contribution in [1.82, 2.24) is 10.3 Å². The zero-order valence-electron chi connectivity index (χ0n) is 17.8. The summed E-state index contributed by atoms with van der Waals surface area (Å²) in [6.45, 7) is 9.22. The van der Waals surface area contributed by atoms with Crippen LogP contribution in [0.5, 0.6) is 0 Å². The van der Waals surface area contributed by atoms with Gasteiger partial charge in [0, 0.05) is 44.3 Å². The number of anilines is 1. The van der Waals surface area contributed by atoms with Crippen molar-refractivity contribution in [3.8, 4) is 0 Å². The van der Waals surface area contributed by atoms with E-state index in [1.165, 1.54) is 25.7 Å². The van der Waals surface area contributed by atoms with Gasteiger partial charge in [0.15, 0.2) is 0 Å². The number of hydrogen-bond acceptors (Lipinski definition) is 5. The molecular formula is C21H36Cl2N4O2. The number of nitrogens with zero attached hydrogens (tertiary/aromatic N) is 2. The molecular weight excluding hydrogens is 411 g/mol. The molecule has 1 aromatic rings. The third-order valence-electron chi connectivity index (χ3n) is 6.43. The van der Waals surface area contributed by atoms with Crippen LogP contribution in [0.15, 0.2) is 18.3 Å². The van der Waals surface area contributed by atoms with Gasteiger partial charge in [-0.05, 0) is 31.4 Å². The molecule has 2 fully saturated rings. The lowest BCUT2D eigenvalue weighted by Crippen LogP contribution is -2.75. The van der Waals surface area contributed by atoms with Gasteiger partial charge >= 0.3 is 0 Å². The van der Waals surface area contributed by atoms with E-state index in [4.69, 9.17) is 10.5 Å². The summed E-state index contributed by atoms with van der Waals surface area (Å²) in [7, 11) is 0. The first-order chi connectivity index (χ1) is 12.9. The lowest BCUT2D eigenvalue weighted by atomic mass is 9.54. The highest BCUT2D eigenvalue weighted by atomic mass is 35.5. The van der Waals surface area contributed by atoms with E-state index in [0.29, 0.717) is 19.6 Å². The molecule has 0 radical (unpaired) electrons. The van der Waals surface area contributed by atoms with Gasteiger partial charge in [-0.15, -0.1) is 24.8 Å². The van der Waals surface area contributed by atoms with Gasteiger partial charge < -0.3 is 20.7 Å². The molecule has 0 bridgehead atoms. The second-order valence-electron chi connectivity index (χ2n) is 8.45. The Labute approximate surface area is 187 Å². The van der Waals surface area contributed by atoms with E-state index in [2.05, 4.69) is 21.3 Å². The maximum atomic E-state index is 12.7. The van der Waals surface area contributed by atoms with E-state index in [0.717, 1.165) is 24.5 Å². The van der Waals surface area contributed by atoms with Gasteiger partial charge in [-0.1, -0.05) is 32.8 Å². The Kier molecular flexibility index (Phi) is 9.67. The van der Waals surface area contributed by atoms with E-state index >= 15 is 0 Å². The maximum absolute atomic E-state index is 12.7. The maximum Gasteiger partial charge on any atom is 0.241 e. The summed E-state index contributed by atoms with van der Waals surface area (Å²) in [4.78, 5) is 19.7. The van der Waals surface area contributed by atoms with Crippen LogP contribution in [-0.2, 0) is 16.1 Å². The number of aromatic nitrogens is 1. The van der Waals surface area contributed by atoms with E-state index < -0.39 is 5.54 Å². The van der Waals surface area contributed by atoms with Crippen LogP contribution in [0.1, 0.15) is 58.4 Å². The predicted octanol–water partition coefficient (Wildman–Crippen LogP) is 3.45. The Morgan fingerprint density at radius 1 is 1.24 bits per heavy atom. The molecule has 1 aliphatic heterocycles. The molecule has 2 atom stereocenters. The van der Waals surface area contributed by atoms with Crippen LogP contribution in [0.4, 0.5) is 5.82 Å². The number of halogens is 2. The van der Waals surface area contributed by atoms with Gasteiger partial charge in [0.2, 0.25) is 5.91 Å². The molecule has 3 rings (SSSR count). The molecule has 1 saturated carbocycles. The molecule has 0 aromatic carbocycles. The Bertz CT molecular complexity index is 649. The van der Waals surface area contributed by atoms with Gasteiger partial charge in [0.25, 0.3) is 0 Å². The first-order valence-corrected chi connectivity index (χ1v) is 10.3. The molecule has 0 spiro atoms. The highest BCUT2D eigenvalue weighted by Crippen LogP contribution is 2.49. The number of rotatable bonds is 6. The van der Waals surface area contributed by atoms with E-state index in [1.807, 2.05) is 33.0 Å². The standard InChI is InChI=1S/C21H34N4O2.2ClH/c1-4-27-17-13-21(22,20(17,2)3)19(26)24-15-16-9-10-18(23-14-16)25-11-7-5-6-8-12-25;;/h9-10,14,17H,4-8,11-13,15,22H2,1-3H3,(H,24,26);2*1H. The van der Waals surface area contributed by atoms with Crippen molar-refractivity contribution in [3.05, 3.63) is 23.9 Å². The topological polar surface area (TPSA) is 80.5 Å². The zero-order chi connectivity index (χ0) is 19.5. The number of nitrogens with two attached hydrogens (primary N) is 1. The summed E-state index contributed by atoms with van der Waals surface area (Å²) in [6.07, 6.45) is 7.54. The summed E-state index contributed by atoms with van der Waals surface area (Å²) in [5, 5.41) is 3.00. The van der Waals surface area contributed by atoms with Crippen molar-refractivity contribution in [2.24, 2.45) is 11.1 Å². The molecule has 166 valence electrons. The monoisotopic (exact) mass is 446 g/mol. The molecule has 1 saturated heterocycles. The number of carbonyl (C=O) groups is 1. The average molecular weight is 447 g/mol. The van der Waals surface area contributed by atoms with Gasteiger partial charge in [-0.2, -0.15) is 0 Å². The van der Waals surface area contributed by atoms with Crippen LogP contribution in [-0.4, -0.2) is 42.2 Å². The van der Waals surface area contributed by atoms with Crippen molar-refractivity contribution in [3.63, 3.8) is 0 Å². The van der Waals surface area contributed by atoms with Crippen LogP contribution in [0.2, 0.25) is 0 Å². The fourth-order valence-electron chi connectivity index (χ4n) is 4.17. The minimum Gasteiger partial charge on any atom is -0.378 e. The van der Waals surface area contributed by atoms with Crippen LogP contribution < -0.4 is 16.0 Å². The summed E-state index contributed by atoms with van der Waals surface area (Å²) >= 11 is 0. The fraction of sp³-hybridized carbons (Fsp3) is 0.714. The summed E-state index contributed by atoms with van der Waals surface area (Å²) < 4.78 is 5.71. The molecule has 2 heterocycles. The van der Waals surface area contributed by atoms with Gasteiger partial charge in [-0.25, -0.2) is 4.98 Å². The first kappa shape index (κ1) is 26.0. The Morgan fingerprint density at radius 3 is 2.41 bits per heavy atom. The highest BCUT2D eigenvalue weighted by Gasteiger charge is 2.62. The molecule has 2 unspecified atom stereocenters. The smallest absolute Gasteiger partial charge is 0.241 e. The van der Waals surface area contributed by atoms with Crippen LogP contribution >= 0.6 is 24.8 Å². The summed E-state index contributed by atoms with van der Waals surface area (Å²) in [5.41, 5.74) is 6.17. The first-order valence-electron chi connectivity index (χ1n) is 10.3. The average Bonchev–Trinajstić information content (AvgIpc) is 2.95. The Morgan fingerprint density at radius 2 is 1.90 bits per heavy atom. The molecule has 3 N–H and O–H groups in total. The van der Waals surface area contributed by atoms with Crippen molar-refractivity contribution < 1.29 is 9.53 Å². The molecule has 1 aliphatic carbocycles. The number of pyridine rings is 1. The number of carbonyl (C=O) groups excluding carboxylic acids is 1. The Hall–Kier alpha value is -1.08. The third kappa shape index (κ3) is 5.35. The van der Waals surface area contributed by atoms with E-state index in [9.17, 15) is 4.79 Å². The van der Waals surface area contributed by atoms with Gasteiger partial charge in [0.1, 0.15) is 11.4 Å². The molecule has 1 aromatic heterocycles. The Balaban J connectivity index is 0.00000210. The van der Waals surface area contributed by atoms with Crippen molar-refractivity contribution >= 4 is 36.5 Å². The highest BCUT2D eigenvalue weighted by molar-refractivity contribution is 5.88. The second kappa shape index (κ2) is 10.8. The van der Waals surface area contributed by atoms with E-state index in [-0.39, 0.29) is 42.2 Å². The summed E-state index contributed by atoms with van der Waals surface area (Å²) in [6, 6.07) is 4.11. The number of amides is 1. The number of ether oxygens (including phenoxy) is 1. The number of nitrogens with one attached hydrogen (secondary N) is 1. The molecule has 2 aliphatic rings. The van der Waals surface area contributed by atoms with Crippen LogP contribution in [0.3, 0.4) is 0 Å². The molecule has 1 amide bonds. The van der Waals surface area contributed by atoms with Gasteiger partial charge in [0.05, 0.1) is 6.10 Å². The molecule has 29 heavy (non-hydrogen) atoms. The van der Waals surface area contributed by atoms with Crippen molar-refractivity contribution in [2.75, 3.05) is 24.6 Å². The fourth-order valence-corrected chi connectivity index (χ4v) is 4.17. The quantitative estimate of drug-likeness (QED) is 0.698. The lowest BCUT2D eigenvalue weighted by molar-refractivity contribution is -0.170. The second-order valence-corrected chi connectivity index (χ2v) is 8.45. The van der Waals surface area contributed by atoms with Crippen molar-refractivity contribution in [2.45, 2.75) is 71.1 Å². The normalized spacial score (nSPS) is 25.7. The third-order valence-corrected chi connectivity index (χ3v) is 6.43. The number of hydrogen-bond donors (Lipinski definition) is 2. The molecule has 6 nitrogen and oxygen atoms in total. The predicted molar refractivity (Wildman–Crippen MR) is 122 cm³/mol. The van der Waals surface area contributed by atoms with Crippen LogP contribution in [0, 0.1) is 5.41 Å². The lowest BCUT2D eigenvalue weighted by Gasteiger charge is -2.57.